The Morgan fingerprint density at radius 2 is 2.26 bits per heavy atom. The van der Waals surface area contributed by atoms with Gasteiger partial charge in [0, 0.05) is 18.4 Å². The van der Waals surface area contributed by atoms with Gasteiger partial charge in [-0.2, -0.15) is 5.10 Å². The Labute approximate surface area is 122 Å². The minimum absolute atomic E-state index is 0.200. The molecule has 0 bridgehead atoms. The van der Waals surface area contributed by atoms with E-state index in [2.05, 4.69) is 10.4 Å². The van der Waals surface area contributed by atoms with Crippen LogP contribution in [0.5, 0.6) is 0 Å². The summed E-state index contributed by atoms with van der Waals surface area (Å²) in [5.74, 6) is 0.200. The topological polar surface area (TPSA) is 50.1 Å². The van der Waals surface area contributed by atoms with Gasteiger partial charge in [0.1, 0.15) is 0 Å². The number of alkyl halides is 1. The van der Waals surface area contributed by atoms with Crippen molar-refractivity contribution in [2.24, 2.45) is 0 Å². The summed E-state index contributed by atoms with van der Waals surface area (Å²) in [4.78, 5) is 0. The van der Waals surface area contributed by atoms with E-state index in [1.165, 1.54) is 0 Å². The molecule has 1 aromatic heterocycles. The van der Waals surface area contributed by atoms with Crippen molar-refractivity contribution in [2.75, 3.05) is 17.7 Å². The summed E-state index contributed by atoms with van der Waals surface area (Å²) >= 11 is 11.8. The number of halogens is 2. The quantitative estimate of drug-likeness (QED) is 0.835. The number of nitrogens with zero attached hydrogens (tertiary/aromatic N) is 2. The molecule has 0 aliphatic heterocycles. The fourth-order valence-electron chi connectivity index (χ4n) is 1.64. The van der Waals surface area contributed by atoms with Gasteiger partial charge in [-0.3, -0.25) is 0 Å². The van der Waals surface area contributed by atoms with Crippen LogP contribution in [0, 0.1) is 6.92 Å². The van der Waals surface area contributed by atoms with Gasteiger partial charge in [-0.15, -0.1) is 11.6 Å². The maximum absolute atomic E-state index is 9.38. The van der Waals surface area contributed by atoms with E-state index in [1.54, 1.807) is 16.9 Å². The van der Waals surface area contributed by atoms with Crippen molar-refractivity contribution in [3.63, 3.8) is 0 Å². The predicted octanol–water partition coefficient (Wildman–Crippen LogP) is 2.85. The lowest BCUT2D eigenvalue weighted by molar-refractivity contribution is 0.211. The molecule has 2 aromatic rings. The third-order valence-corrected chi connectivity index (χ3v) is 3.29. The Morgan fingerprint density at radius 1 is 1.47 bits per heavy atom. The van der Waals surface area contributed by atoms with Crippen LogP contribution in [0.4, 0.5) is 5.69 Å². The van der Waals surface area contributed by atoms with Gasteiger partial charge >= 0.3 is 0 Å². The van der Waals surface area contributed by atoms with Gasteiger partial charge in [-0.1, -0.05) is 11.6 Å². The number of rotatable bonds is 5. The van der Waals surface area contributed by atoms with Crippen LogP contribution >= 0.6 is 23.2 Å². The second-order valence-electron chi connectivity index (χ2n) is 4.32. The number of anilines is 1. The van der Waals surface area contributed by atoms with Crippen molar-refractivity contribution in [1.82, 2.24) is 9.78 Å². The standard InChI is InChI=1S/C13H15Cl2N3O/c1-9-6-17-18(8-9)13-3-2-10(4-12(13)15)16-7-11(19)5-14/h2-4,6,8,11,16,19H,5,7H2,1H3. The Balaban J connectivity index is 2.13. The van der Waals surface area contributed by atoms with Gasteiger partial charge in [0.05, 0.1) is 28.9 Å². The number of aromatic nitrogens is 2. The van der Waals surface area contributed by atoms with Gasteiger partial charge in [-0.05, 0) is 30.7 Å². The first kappa shape index (κ1) is 14.2. The van der Waals surface area contributed by atoms with E-state index < -0.39 is 6.10 Å². The largest absolute Gasteiger partial charge is 0.390 e. The van der Waals surface area contributed by atoms with E-state index in [-0.39, 0.29) is 5.88 Å². The minimum Gasteiger partial charge on any atom is -0.390 e. The first-order chi connectivity index (χ1) is 9.10. The van der Waals surface area contributed by atoms with Crippen LogP contribution in [0.15, 0.2) is 30.6 Å². The van der Waals surface area contributed by atoms with Crippen LogP contribution in [0.2, 0.25) is 5.02 Å². The fraction of sp³-hybridized carbons (Fsp3) is 0.308. The third-order valence-electron chi connectivity index (χ3n) is 2.63. The molecule has 6 heteroatoms. The smallest absolute Gasteiger partial charge is 0.0847 e. The van der Waals surface area contributed by atoms with Crippen LogP contribution < -0.4 is 5.32 Å². The summed E-state index contributed by atoms with van der Waals surface area (Å²) in [5.41, 5.74) is 2.73. The van der Waals surface area contributed by atoms with Crippen molar-refractivity contribution in [1.29, 1.82) is 0 Å². The average molecular weight is 300 g/mol. The molecule has 102 valence electrons. The van der Waals surface area contributed by atoms with Gasteiger partial charge in [-0.25, -0.2) is 4.68 Å². The van der Waals surface area contributed by atoms with Crippen LogP contribution in [0.1, 0.15) is 5.56 Å². The summed E-state index contributed by atoms with van der Waals surface area (Å²) < 4.78 is 1.73. The van der Waals surface area contributed by atoms with Crippen LogP contribution in [0.3, 0.4) is 0 Å². The first-order valence-electron chi connectivity index (χ1n) is 5.89. The van der Waals surface area contributed by atoms with Crippen molar-refractivity contribution in [3.8, 4) is 5.69 Å². The molecule has 2 N–H and O–H groups in total. The molecule has 0 fully saturated rings. The Bertz CT molecular complexity index is 557. The molecule has 0 saturated heterocycles. The molecule has 4 nitrogen and oxygen atoms in total. The number of aliphatic hydroxyl groups excluding tert-OH is 1. The van der Waals surface area contributed by atoms with E-state index in [4.69, 9.17) is 23.2 Å². The molecular weight excluding hydrogens is 285 g/mol. The number of hydrogen-bond acceptors (Lipinski definition) is 3. The van der Waals surface area contributed by atoms with E-state index >= 15 is 0 Å². The maximum atomic E-state index is 9.38. The number of aryl methyl sites for hydroxylation is 1. The number of aliphatic hydroxyl groups is 1. The van der Waals surface area contributed by atoms with Crippen molar-refractivity contribution in [2.45, 2.75) is 13.0 Å². The molecule has 2 rings (SSSR count). The lowest BCUT2D eigenvalue weighted by Gasteiger charge is -2.11. The number of benzene rings is 1. The van der Waals surface area contributed by atoms with E-state index in [9.17, 15) is 5.11 Å². The molecule has 1 heterocycles. The van der Waals surface area contributed by atoms with Gasteiger partial charge in [0.2, 0.25) is 0 Å². The summed E-state index contributed by atoms with van der Waals surface area (Å²) in [7, 11) is 0. The van der Waals surface area contributed by atoms with E-state index in [0.717, 1.165) is 16.9 Å². The average Bonchev–Trinajstić information content (AvgIpc) is 2.82. The SMILES string of the molecule is Cc1cnn(-c2ccc(NCC(O)CCl)cc2Cl)c1. The summed E-state index contributed by atoms with van der Waals surface area (Å²) in [5, 5.41) is 17.3. The van der Waals surface area contributed by atoms with Gasteiger partial charge in [0.15, 0.2) is 0 Å². The number of nitrogens with one attached hydrogen (secondary N) is 1. The lowest BCUT2D eigenvalue weighted by atomic mass is 10.2. The Hall–Kier alpha value is -1.23. The third kappa shape index (κ3) is 3.62. The highest BCUT2D eigenvalue weighted by atomic mass is 35.5. The molecular formula is C13H15Cl2N3O. The summed E-state index contributed by atoms with van der Waals surface area (Å²) in [6.07, 6.45) is 3.11. The maximum Gasteiger partial charge on any atom is 0.0847 e. The summed E-state index contributed by atoms with van der Waals surface area (Å²) in [6.45, 7) is 2.36. The molecule has 0 aliphatic carbocycles. The van der Waals surface area contributed by atoms with Crippen molar-refractivity contribution in [3.05, 3.63) is 41.2 Å². The molecule has 0 spiro atoms. The zero-order valence-corrected chi connectivity index (χ0v) is 12.0. The highest BCUT2D eigenvalue weighted by Gasteiger charge is 2.06. The zero-order chi connectivity index (χ0) is 13.8. The second-order valence-corrected chi connectivity index (χ2v) is 5.03. The van der Waals surface area contributed by atoms with Crippen molar-refractivity contribution >= 4 is 28.9 Å². The van der Waals surface area contributed by atoms with Crippen molar-refractivity contribution < 1.29 is 5.11 Å². The van der Waals surface area contributed by atoms with E-state index in [0.29, 0.717) is 11.6 Å². The number of hydrogen-bond donors (Lipinski definition) is 2. The monoisotopic (exact) mass is 299 g/mol. The second kappa shape index (κ2) is 6.28. The van der Waals surface area contributed by atoms with Gasteiger partial charge < -0.3 is 10.4 Å². The molecule has 0 amide bonds. The molecule has 0 radical (unpaired) electrons. The fourth-order valence-corrected chi connectivity index (χ4v) is 2.01. The highest BCUT2D eigenvalue weighted by Crippen LogP contribution is 2.24. The van der Waals surface area contributed by atoms with E-state index in [1.807, 2.05) is 25.3 Å². The molecule has 1 unspecified atom stereocenters. The minimum atomic E-state index is -0.575. The van der Waals surface area contributed by atoms with Crippen LogP contribution in [-0.4, -0.2) is 33.4 Å². The zero-order valence-electron chi connectivity index (χ0n) is 10.5. The predicted molar refractivity (Wildman–Crippen MR) is 78.5 cm³/mol. The lowest BCUT2D eigenvalue weighted by Crippen LogP contribution is -2.20. The van der Waals surface area contributed by atoms with Gasteiger partial charge in [0.25, 0.3) is 0 Å². The molecule has 1 atom stereocenters. The molecule has 0 aliphatic rings. The molecule has 0 saturated carbocycles. The van der Waals surface area contributed by atoms with Crippen LogP contribution in [0.25, 0.3) is 5.69 Å². The highest BCUT2D eigenvalue weighted by molar-refractivity contribution is 6.32. The normalized spacial score (nSPS) is 12.4. The first-order valence-corrected chi connectivity index (χ1v) is 6.80. The Kier molecular flexibility index (Phi) is 4.69. The molecule has 19 heavy (non-hydrogen) atoms. The van der Waals surface area contributed by atoms with Crippen LogP contribution in [-0.2, 0) is 0 Å². The summed E-state index contributed by atoms with van der Waals surface area (Å²) in [6, 6.07) is 5.57. The Morgan fingerprint density at radius 3 is 2.84 bits per heavy atom. The molecule has 1 aromatic carbocycles.